The van der Waals surface area contributed by atoms with Crippen LogP contribution in [0.25, 0.3) is 11.0 Å². The first-order chi connectivity index (χ1) is 12.2. The van der Waals surface area contributed by atoms with Crippen molar-refractivity contribution in [2.45, 2.75) is 0 Å². The van der Waals surface area contributed by atoms with E-state index in [1.807, 2.05) is 0 Å². The Hall–Kier alpha value is -3.48. The topological polar surface area (TPSA) is 89.8 Å². The highest BCUT2D eigenvalue weighted by Gasteiger charge is 2.17. The number of fused-ring (bicyclic) bond motifs is 2. The van der Waals surface area contributed by atoms with Crippen LogP contribution in [0.1, 0.15) is 0 Å². The molecule has 4 rings (SSSR count). The second-order valence-electron chi connectivity index (χ2n) is 5.42. The summed E-state index contributed by atoms with van der Waals surface area (Å²) in [5.41, 5.74) is 1.14. The second-order valence-corrected chi connectivity index (χ2v) is 5.42. The molecule has 1 aliphatic heterocycles. The molecular formula is C18H14N2O5. The molecule has 1 aliphatic rings. The van der Waals surface area contributed by atoms with Crippen molar-refractivity contribution in [3.63, 3.8) is 0 Å². The first-order valence-corrected chi connectivity index (χ1v) is 7.69. The average Bonchev–Trinajstić information content (AvgIpc) is 2.62. The lowest BCUT2D eigenvalue weighted by atomic mass is 10.2. The van der Waals surface area contributed by atoms with E-state index >= 15 is 0 Å². The van der Waals surface area contributed by atoms with Crippen LogP contribution in [-0.4, -0.2) is 19.2 Å². The van der Waals surface area contributed by atoms with Gasteiger partial charge in [-0.05, 0) is 36.4 Å². The largest absolute Gasteiger partial charge is 0.486 e. The minimum absolute atomic E-state index is 0.415. The van der Waals surface area contributed by atoms with Gasteiger partial charge in [-0.2, -0.15) is 0 Å². The van der Waals surface area contributed by atoms with Crippen LogP contribution in [-0.2, 0) is 0 Å². The third-order valence-electron chi connectivity index (χ3n) is 3.69. The molecular weight excluding hydrogens is 324 g/mol. The number of ether oxygens (including phenoxy) is 2. The molecule has 7 nitrogen and oxygen atoms in total. The lowest BCUT2D eigenvalue weighted by Gasteiger charge is -2.21. The Labute approximate surface area is 142 Å². The van der Waals surface area contributed by atoms with Gasteiger partial charge in [-0.25, -0.2) is 9.59 Å². The molecule has 25 heavy (non-hydrogen) atoms. The van der Waals surface area contributed by atoms with Gasteiger partial charge in [0.05, 0.1) is 5.69 Å². The van der Waals surface area contributed by atoms with E-state index < -0.39 is 11.7 Å². The highest BCUT2D eigenvalue weighted by molar-refractivity contribution is 6.02. The molecule has 0 saturated heterocycles. The number of amides is 2. The van der Waals surface area contributed by atoms with Crippen LogP contribution in [0.4, 0.5) is 16.2 Å². The van der Waals surface area contributed by atoms with Crippen LogP contribution < -0.4 is 25.7 Å². The highest BCUT2D eigenvalue weighted by atomic mass is 16.6. The van der Waals surface area contributed by atoms with Crippen LogP contribution in [0.5, 0.6) is 11.5 Å². The Morgan fingerprint density at radius 1 is 0.960 bits per heavy atom. The summed E-state index contributed by atoms with van der Waals surface area (Å²) < 4.78 is 16.1. The van der Waals surface area contributed by atoms with Crippen LogP contribution in [0, 0.1) is 0 Å². The van der Waals surface area contributed by atoms with E-state index in [9.17, 15) is 9.59 Å². The summed E-state index contributed by atoms with van der Waals surface area (Å²) in [6, 6.07) is 12.9. The molecule has 2 amide bonds. The number of hydrogen-bond donors (Lipinski definition) is 2. The van der Waals surface area contributed by atoms with Crippen molar-refractivity contribution in [2.24, 2.45) is 0 Å². The van der Waals surface area contributed by atoms with Crippen molar-refractivity contribution < 1.29 is 18.7 Å². The molecule has 0 aliphatic carbocycles. The summed E-state index contributed by atoms with van der Waals surface area (Å²) in [6.45, 7) is 0.916. The van der Waals surface area contributed by atoms with Gasteiger partial charge in [0, 0.05) is 17.1 Å². The molecule has 0 saturated carbocycles. The number of para-hydroxylation sites is 1. The Bertz CT molecular complexity index is 1010. The molecule has 0 unspecified atom stereocenters. The summed E-state index contributed by atoms with van der Waals surface area (Å²) in [4.78, 5) is 23.5. The quantitative estimate of drug-likeness (QED) is 0.700. The molecule has 126 valence electrons. The van der Waals surface area contributed by atoms with Gasteiger partial charge in [0.2, 0.25) is 0 Å². The molecule has 0 bridgehead atoms. The Kier molecular flexibility index (Phi) is 3.74. The maximum Gasteiger partial charge on any atom is 0.336 e. The number of urea groups is 1. The van der Waals surface area contributed by atoms with Crippen molar-refractivity contribution in [3.8, 4) is 11.5 Å². The van der Waals surface area contributed by atoms with Crippen molar-refractivity contribution in [3.05, 3.63) is 59.0 Å². The normalized spacial score (nSPS) is 12.6. The first kappa shape index (κ1) is 15.1. The number of nitrogens with one attached hydrogen (secondary N) is 2. The fraction of sp³-hybridized carbons (Fsp3) is 0.111. The van der Waals surface area contributed by atoms with E-state index in [2.05, 4.69) is 10.6 Å². The molecule has 0 radical (unpaired) electrons. The molecule has 2 N–H and O–H groups in total. The third kappa shape index (κ3) is 3.12. The van der Waals surface area contributed by atoms with Gasteiger partial charge in [-0.15, -0.1) is 0 Å². The average molecular weight is 338 g/mol. The molecule has 2 heterocycles. The Morgan fingerprint density at radius 3 is 2.76 bits per heavy atom. The monoisotopic (exact) mass is 338 g/mol. The van der Waals surface area contributed by atoms with E-state index in [1.54, 1.807) is 42.5 Å². The molecule has 0 atom stereocenters. The Balaban J connectivity index is 1.53. The van der Waals surface area contributed by atoms with Gasteiger partial charge in [-0.3, -0.25) is 0 Å². The van der Waals surface area contributed by atoms with Gasteiger partial charge in [0.25, 0.3) is 0 Å². The van der Waals surface area contributed by atoms with Gasteiger partial charge in [0.1, 0.15) is 18.8 Å². The number of hydrogen-bond acceptors (Lipinski definition) is 5. The van der Waals surface area contributed by atoms with E-state index in [-0.39, 0.29) is 0 Å². The zero-order valence-corrected chi connectivity index (χ0v) is 13.1. The lowest BCUT2D eigenvalue weighted by molar-refractivity contribution is 0.172. The molecule has 1 aromatic heterocycles. The maximum absolute atomic E-state index is 12.3. The zero-order valence-electron chi connectivity index (χ0n) is 13.1. The molecule has 3 aromatic rings. The number of carbonyl (C=O) groups is 1. The number of anilines is 2. The maximum atomic E-state index is 12.3. The van der Waals surface area contributed by atoms with Crippen LogP contribution in [0.2, 0.25) is 0 Å². The molecule has 0 fully saturated rings. The van der Waals surface area contributed by atoms with E-state index in [1.165, 1.54) is 6.07 Å². The number of rotatable bonds is 2. The predicted molar refractivity (Wildman–Crippen MR) is 92.6 cm³/mol. The van der Waals surface area contributed by atoms with Crippen LogP contribution >= 0.6 is 0 Å². The van der Waals surface area contributed by atoms with Crippen LogP contribution in [0.15, 0.2) is 57.7 Å². The van der Waals surface area contributed by atoms with Gasteiger partial charge < -0.3 is 24.5 Å². The highest BCUT2D eigenvalue weighted by Crippen LogP contribution is 2.37. The van der Waals surface area contributed by atoms with Gasteiger partial charge in [0.15, 0.2) is 11.5 Å². The minimum Gasteiger partial charge on any atom is -0.486 e. The molecule has 0 spiro atoms. The fourth-order valence-corrected chi connectivity index (χ4v) is 2.61. The lowest BCUT2D eigenvalue weighted by Crippen LogP contribution is -2.22. The van der Waals surface area contributed by atoms with Crippen molar-refractivity contribution >= 4 is 28.4 Å². The number of benzene rings is 2. The van der Waals surface area contributed by atoms with E-state index in [0.29, 0.717) is 47.1 Å². The number of carbonyl (C=O) groups excluding carboxylic acids is 1. The summed E-state index contributed by atoms with van der Waals surface area (Å²) in [5.74, 6) is 1.12. The standard InChI is InChI=1S/C18H14N2O5/c21-16-7-4-11-10-12(5-6-14(11)25-16)19-18(22)20-13-2-1-3-15-17(13)24-9-8-23-15/h1-7,10H,8-9H2,(H2,19,20,22). The summed E-state index contributed by atoms with van der Waals surface area (Å²) in [5, 5.41) is 6.20. The van der Waals surface area contributed by atoms with Crippen molar-refractivity contribution in [1.29, 1.82) is 0 Å². The first-order valence-electron chi connectivity index (χ1n) is 7.69. The fourth-order valence-electron chi connectivity index (χ4n) is 2.61. The van der Waals surface area contributed by atoms with Gasteiger partial charge >= 0.3 is 11.7 Å². The van der Waals surface area contributed by atoms with Crippen LogP contribution in [0.3, 0.4) is 0 Å². The molecule has 2 aromatic carbocycles. The zero-order chi connectivity index (χ0) is 17.2. The second kappa shape index (κ2) is 6.20. The smallest absolute Gasteiger partial charge is 0.336 e. The summed E-state index contributed by atoms with van der Waals surface area (Å²) in [6.07, 6.45) is 0. The minimum atomic E-state index is -0.417. The van der Waals surface area contributed by atoms with E-state index in [0.717, 1.165) is 0 Å². The molecule has 7 heteroatoms. The van der Waals surface area contributed by atoms with Crippen molar-refractivity contribution in [2.75, 3.05) is 23.8 Å². The van der Waals surface area contributed by atoms with E-state index in [4.69, 9.17) is 13.9 Å². The van der Waals surface area contributed by atoms with Gasteiger partial charge in [-0.1, -0.05) is 6.07 Å². The Morgan fingerprint density at radius 2 is 1.84 bits per heavy atom. The summed E-state index contributed by atoms with van der Waals surface area (Å²) in [7, 11) is 0. The predicted octanol–water partition coefficient (Wildman–Crippen LogP) is 3.21. The SMILES string of the molecule is O=C(Nc1ccc2oc(=O)ccc2c1)Nc1cccc2c1OCCO2. The summed E-state index contributed by atoms with van der Waals surface area (Å²) >= 11 is 0. The van der Waals surface area contributed by atoms with Crippen molar-refractivity contribution in [1.82, 2.24) is 0 Å². The third-order valence-corrected chi connectivity index (χ3v) is 3.69.